The van der Waals surface area contributed by atoms with Gasteiger partial charge in [0.2, 0.25) is 0 Å². The zero-order chi connectivity index (χ0) is 22.6. The molecule has 1 heterocycles. The molecule has 6 heteroatoms. The number of ketones is 1. The van der Waals surface area contributed by atoms with Crippen molar-refractivity contribution in [2.75, 3.05) is 31.1 Å². The summed E-state index contributed by atoms with van der Waals surface area (Å²) in [7, 11) is 0. The number of benzene rings is 3. The van der Waals surface area contributed by atoms with E-state index < -0.39 is 11.7 Å². The maximum atomic E-state index is 13.1. The van der Waals surface area contributed by atoms with Crippen molar-refractivity contribution in [2.24, 2.45) is 0 Å². The van der Waals surface area contributed by atoms with E-state index in [9.17, 15) is 18.0 Å². The third-order valence-electron chi connectivity index (χ3n) is 5.55. The van der Waals surface area contributed by atoms with E-state index in [4.69, 9.17) is 0 Å². The molecule has 0 saturated carbocycles. The lowest BCUT2D eigenvalue weighted by Gasteiger charge is -2.38. The van der Waals surface area contributed by atoms with Gasteiger partial charge in [-0.15, -0.1) is 0 Å². The number of alkyl halides is 3. The van der Waals surface area contributed by atoms with Gasteiger partial charge in [-0.25, -0.2) is 0 Å². The highest BCUT2D eigenvalue weighted by Gasteiger charge is 2.31. The van der Waals surface area contributed by atoms with Crippen molar-refractivity contribution in [1.29, 1.82) is 0 Å². The number of piperazine rings is 1. The summed E-state index contributed by atoms with van der Waals surface area (Å²) in [6.07, 6.45) is -2.70. The van der Waals surface area contributed by atoms with Gasteiger partial charge in [0.15, 0.2) is 5.78 Å². The van der Waals surface area contributed by atoms with Crippen LogP contribution < -0.4 is 4.90 Å². The molecule has 1 fully saturated rings. The number of carbonyl (C=O) groups excluding carboxylic acids is 1. The number of carbonyl (C=O) groups is 1. The summed E-state index contributed by atoms with van der Waals surface area (Å²) in [6, 6.07) is 24.2. The lowest BCUT2D eigenvalue weighted by Crippen LogP contribution is -2.45. The Kier molecular flexibility index (Phi) is 6.30. The molecule has 4 rings (SSSR count). The average molecular weight is 436 g/mol. The Balaban J connectivity index is 1.55. The largest absolute Gasteiger partial charge is 0.416 e. The zero-order valence-corrected chi connectivity index (χ0v) is 17.4. The normalized spacial score (nSPS) is 15.0. The van der Waals surface area contributed by atoms with Crippen LogP contribution in [0.2, 0.25) is 0 Å². The third kappa shape index (κ3) is 5.02. The summed E-state index contributed by atoms with van der Waals surface area (Å²) in [4.78, 5) is 16.9. The van der Waals surface area contributed by atoms with Gasteiger partial charge in [0.05, 0.1) is 5.56 Å². The van der Waals surface area contributed by atoms with E-state index >= 15 is 0 Å². The molecule has 0 amide bonds. The lowest BCUT2D eigenvalue weighted by molar-refractivity contribution is -0.137. The third-order valence-corrected chi connectivity index (χ3v) is 5.55. The van der Waals surface area contributed by atoms with Gasteiger partial charge in [-0.1, -0.05) is 66.7 Å². The molecule has 0 aromatic heterocycles. The summed E-state index contributed by atoms with van der Waals surface area (Å²) in [5, 5.41) is 0. The summed E-state index contributed by atoms with van der Waals surface area (Å²) in [5.41, 5.74) is 2.29. The smallest absolute Gasteiger partial charge is 0.368 e. The fraction of sp³-hybridized carbons (Fsp3) is 0.192. The molecule has 0 bridgehead atoms. The summed E-state index contributed by atoms with van der Waals surface area (Å²) >= 11 is 0. The molecule has 3 nitrogen and oxygen atoms in total. The van der Waals surface area contributed by atoms with Crippen molar-refractivity contribution in [3.05, 3.63) is 108 Å². The van der Waals surface area contributed by atoms with Crippen molar-refractivity contribution >= 4 is 17.2 Å². The first-order chi connectivity index (χ1) is 15.4. The molecule has 0 N–H and O–H groups in total. The molecule has 3 aromatic rings. The molecular weight excluding hydrogens is 413 g/mol. The van der Waals surface area contributed by atoms with Crippen molar-refractivity contribution < 1.29 is 18.0 Å². The molecule has 1 aliphatic heterocycles. The summed E-state index contributed by atoms with van der Waals surface area (Å²) in [6.45, 7) is 2.31. The van der Waals surface area contributed by atoms with Gasteiger partial charge >= 0.3 is 6.18 Å². The van der Waals surface area contributed by atoms with Crippen LogP contribution in [-0.2, 0) is 6.18 Å². The average Bonchev–Trinajstić information content (AvgIpc) is 2.83. The molecule has 0 atom stereocenters. The number of rotatable bonds is 5. The van der Waals surface area contributed by atoms with Gasteiger partial charge in [-0.05, 0) is 23.8 Å². The predicted octanol–water partition coefficient (Wildman–Crippen LogP) is 5.75. The predicted molar refractivity (Wildman–Crippen MR) is 120 cm³/mol. The molecule has 0 aliphatic carbocycles. The van der Waals surface area contributed by atoms with Crippen LogP contribution in [0.15, 0.2) is 91.0 Å². The molecule has 164 valence electrons. The van der Waals surface area contributed by atoms with Crippen LogP contribution in [0.1, 0.15) is 21.5 Å². The highest BCUT2D eigenvalue weighted by atomic mass is 19.4. The van der Waals surface area contributed by atoms with Crippen LogP contribution in [0, 0.1) is 0 Å². The molecule has 0 radical (unpaired) electrons. The van der Waals surface area contributed by atoms with E-state index in [1.807, 2.05) is 53.4 Å². The van der Waals surface area contributed by atoms with Crippen LogP contribution in [0.5, 0.6) is 0 Å². The van der Waals surface area contributed by atoms with E-state index in [1.165, 1.54) is 12.1 Å². The van der Waals surface area contributed by atoms with Crippen molar-refractivity contribution in [1.82, 2.24) is 4.90 Å². The van der Waals surface area contributed by atoms with Gasteiger partial charge < -0.3 is 9.80 Å². The van der Waals surface area contributed by atoms with Crippen LogP contribution >= 0.6 is 0 Å². The lowest BCUT2D eigenvalue weighted by atomic mass is 10.0. The van der Waals surface area contributed by atoms with Gasteiger partial charge in [0, 0.05) is 49.2 Å². The quantitative estimate of drug-likeness (QED) is 0.376. The SMILES string of the molecule is O=C(/C=C(/c1ccccc1)N1CCN(c2cccc(C(F)(F)F)c2)CC1)c1ccccc1. The first kappa shape index (κ1) is 21.7. The number of halogens is 3. The number of hydrogen-bond acceptors (Lipinski definition) is 3. The van der Waals surface area contributed by atoms with Gasteiger partial charge in [0.1, 0.15) is 0 Å². The van der Waals surface area contributed by atoms with Crippen LogP contribution in [-0.4, -0.2) is 36.9 Å². The maximum absolute atomic E-state index is 13.1. The van der Waals surface area contributed by atoms with Crippen molar-refractivity contribution in [3.8, 4) is 0 Å². The number of nitrogens with zero attached hydrogens (tertiary/aromatic N) is 2. The minimum atomic E-state index is -4.36. The van der Waals surface area contributed by atoms with Gasteiger partial charge in [-0.2, -0.15) is 13.2 Å². The molecule has 0 unspecified atom stereocenters. The van der Waals surface area contributed by atoms with Crippen LogP contribution in [0.25, 0.3) is 5.70 Å². The fourth-order valence-corrected chi connectivity index (χ4v) is 3.86. The first-order valence-corrected chi connectivity index (χ1v) is 10.5. The van der Waals surface area contributed by atoms with E-state index in [0.717, 1.165) is 17.3 Å². The topological polar surface area (TPSA) is 23.6 Å². The Bertz CT molecular complexity index is 1090. The standard InChI is InChI=1S/C26H23F3N2O/c27-26(28,29)22-12-7-13-23(18-22)30-14-16-31(17-15-30)24(20-8-3-1-4-9-20)19-25(32)21-10-5-2-6-11-21/h1-13,18-19H,14-17H2/b24-19-. The zero-order valence-electron chi connectivity index (χ0n) is 17.4. The highest BCUT2D eigenvalue weighted by Crippen LogP contribution is 2.32. The molecule has 1 aliphatic rings. The second-order valence-corrected chi connectivity index (χ2v) is 7.65. The van der Waals surface area contributed by atoms with Crippen molar-refractivity contribution in [2.45, 2.75) is 6.18 Å². The van der Waals surface area contributed by atoms with E-state index in [1.54, 1.807) is 24.3 Å². The maximum Gasteiger partial charge on any atom is 0.416 e. The van der Waals surface area contributed by atoms with Crippen LogP contribution in [0.3, 0.4) is 0 Å². The fourth-order valence-electron chi connectivity index (χ4n) is 3.86. The minimum absolute atomic E-state index is 0.0789. The first-order valence-electron chi connectivity index (χ1n) is 10.5. The highest BCUT2D eigenvalue weighted by molar-refractivity contribution is 6.08. The van der Waals surface area contributed by atoms with Crippen LogP contribution in [0.4, 0.5) is 18.9 Å². The summed E-state index contributed by atoms with van der Waals surface area (Å²) in [5.74, 6) is -0.0789. The molecule has 3 aromatic carbocycles. The Morgan fingerprint density at radius 2 is 1.34 bits per heavy atom. The Morgan fingerprint density at radius 3 is 1.94 bits per heavy atom. The number of anilines is 1. The van der Waals surface area contributed by atoms with E-state index in [-0.39, 0.29) is 5.78 Å². The Morgan fingerprint density at radius 1 is 0.750 bits per heavy atom. The monoisotopic (exact) mass is 436 g/mol. The second kappa shape index (κ2) is 9.30. The van der Waals surface area contributed by atoms with Gasteiger partial charge in [0.25, 0.3) is 0 Å². The second-order valence-electron chi connectivity index (χ2n) is 7.65. The molecule has 1 saturated heterocycles. The van der Waals surface area contributed by atoms with E-state index in [2.05, 4.69) is 4.90 Å². The van der Waals surface area contributed by atoms with Crippen molar-refractivity contribution in [3.63, 3.8) is 0 Å². The molecule has 32 heavy (non-hydrogen) atoms. The Labute approximate surface area is 185 Å². The van der Waals surface area contributed by atoms with E-state index in [0.29, 0.717) is 37.4 Å². The number of hydrogen-bond donors (Lipinski definition) is 0. The minimum Gasteiger partial charge on any atom is -0.368 e. The Hall–Kier alpha value is -3.54. The number of allylic oxidation sites excluding steroid dienone is 1. The van der Waals surface area contributed by atoms with Gasteiger partial charge in [-0.3, -0.25) is 4.79 Å². The molecular formula is C26H23F3N2O. The molecule has 0 spiro atoms. The summed E-state index contributed by atoms with van der Waals surface area (Å²) < 4.78 is 39.3.